The molecule has 1 amide bonds. The largest absolute Gasteiger partial charge is 0.496 e. The Kier molecular flexibility index (Phi) is 6.31. The zero-order valence-corrected chi connectivity index (χ0v) is 18.6. The second-order valence-electron chi connectivity index (χ2n) is 6.65. The molecule has 0 saturated carbocycles. The predicted molar refractivity (Wildman–Crippen MR) is 120 cm³/mol. The molecule has 0 aliphatic carbocycles. The fourth-order valence-electron chi connectivity index (χ4n) is 3.36. The lowest BCUT2D eigenvalue weighted by atomic mass is 10.1. The molecule has 0 saturated heterocycles. The molecule has 0 atom stereocenters. The number of thiazole rings is 1. The number of hydrogen-bond acceptors (Lipinski definition) is 7. The molecule has 2 aromatic heterocycles. The molecule has 0 spiro atoms. The van der Waals surface area contributed by atoms with E-state index in [-0.39, 0.29) is 16.6 Å². The van der Waals surface area contributed by atoms with Gasteiger partial charge in [-0.3, -0.25) is 10.1 Å². The van der Waals surface area contributed by atoms with Crippen LogP contribution in [0.3, 0.4) is 0 Å². The Hall–Kier alpha value is -3.86. The Morgan fingerprint density at radius 2 is 1.82 bits per heavy atom. The molecule has 0 aliphatic rings. The van der Waals surface area contributed by atoms with Gasteiger partial charge in [-0.05, 0) is 18.2 Å². The van der Waals surface area contributed by atoms with Crippen molar-refractivity contribution in [2.75, 3.05) is 26.6 Å². The summed E-state index contributed by atoms with van der Waals surface area (Å²) in [4.78, 5) is 20.3. The quantitative estimate of drug-likeness (QED) is 0.365. The lowest BCUT2D eigenvalue weighted by Crippen LogP contribution is -2.12. The Labute approximate surface area is 191 Å². The number of ether oxygens (including phenoxy) is 4. The van der Waals surface area contributed by atoms with Crippen LogP contribution in [0.5, 0.6) is 23.0 Å². The lowest BCUT2D eigenvalue weighted by molar-refractivity contribution is -0.0494. The van der Waals surface area contributed by atoms with Gasteiger partial charge < -0.3 is 23.9 Å². The first-order valence-corrected chi connectivity index (χ1v) is 10.5. The molecule has 8 nitrogen and oxygen atoms in total. The molecule has 33 heavy (non-hydrogen) atoms. The minimum absolute atomic E-state index is 0.000527. The van der Waals surface area contributed by atoms with Crippen LogP contribution in [0, 0.1) is 0 Å². The summed E-state index contributed by atoms with van der Waals surface area (Å²) < 4.78 is 46.1. The van der Waals surface area contributed by atoms with E-state index in [9.17, 15) is 13.6 Å². The molecule has 172 valence electrons. The van der Waals surface area contributed by atoms with Crippen molar-refractivity contribution in [2.45, 2.75) is 6.61 Å². The normalized spacial score (nSPS) is 11.0. The minimum Gasteiger partial charge on any atom is -0.496 e. The summed E-state index contributed by atoms with van der Waals surface area (Å²) in [5.74, 6) is 0.932. The first-order chi connectivity index (χ1) is 15.9. The number of hydrogen-bond donors (Lipinski definition) is 2. The van der Waals surface area contributed by atoms with Gasteiger partial charge in [0.15, 0.2) is 16.6 Å². The van der Waals surface area contributed by atoms with Gasteiger partial charge in [0.2, 0.25) is 0 Å². The van der Waals surface area contributed by atoms with Crippen LogP contribution < -0.4 is 24.3 Å². The molecule has 0 radical (unpaired) electrons. The van der Waals surface area contributed by atoms with Crippen LogP contribution in [0.1, 0.15) is 10.5 Å². The van der Waals surface area contributed by atoms with E-state index in [2.05, 4.69) is 20.0 Å². The number of rotatable bonds is 8. The highest BCUT2D eigenvalue weighted by atomic mass is 32.1. The van der Waals surface area contributed by atoms with Crippen LogP contribution >= 0.6 is 11.3 Å². The van der Waals surface area contributed by atoms with Crippen molar-refractivity contribution in [1.82, 2.24) is 9.97 Å². The number of nitrogens with one attached hydrogen (secondary N) is 2. The van der Waals surface area contributed by atoms with Crippen molar-refractivity contribution in [3.8, 4) is 34.3 Å². The van der Waals surface area contributed by atoms with Gasteiger partial charge in [0, 0.05) is 22.4 Å². The number of methoxy groups -OCH3 is 3. The number of alkyl halides is 2. The van der Waals surface area contributed by atoms with E-state index < -0.39 is 12.5 Å². The molecular formula is C22H19F2N3O5S. The molecule has 2 N–H and O–H groups in total. The van der Waals surface area contributed by atoms with Gasteiger partial charge in [-0.1, -0.05) is 12.1 Å². The van der Waals surface area contributed by atoms with Crippen molar-refractivity contribution < 1.29 is 32.5 Å². The minimum atomic E-state index is -2.96. The number of H-pyrrole nitrogens is 1. The Balaban J connectivity index is 1.62. The summed E-state index contributed by atoms with van der Waals surface area (Å²) >= 11 is 1.15. The zero-order chi connectivity index (χ0) is 23.5. The third kappa shape index (κ3) is 4.40. The summed E-state index contributed by atoms with van der Waals surface area (Å²) in [6, 6.07) is 9.61. The topological polar surface area (TPSA) is 94.7 Å². The fourth-order valence-corrected chi connectivity index (χ4v) is 4.06. The van der Waals surface area contributed by atoms with Gasteiger partial charge in [0.05, 0.1) is 32.5 Å². The van der Waals surface area contributed by atoms with Crippen LogP contribution in [0.4, 0.5) is 13.9 Å². The number of aromatic amines is 1. The fraction of sp³-hybridized carbons (Fsp3) is 0.182. The number of carbonyl (C=O) groups excluding carboxylic acids is 1. The standard InChI is InChI=1S/C22H19F2N3O5S/c1-29-16-9-17(30-2)19(31-3)18-12(16)8-13(25-18)20(28)27-22-26-14(10-33-22)11-6-4-5-7-15(11)32-21(23)24/h4-10,21,25H,1-3H3,(H,26,27,28). The molecule has 4 rings (SSSR count). The lowest BCUT2D eigenvalue weighted by Gasteiger charge is -2.11. The second-order valence-corrected chi connectivity index (χ2v) is 7.51. The van der Waals surface area contributed by atoms with Gasteiger partial charge in [-0.2, -0.15) is 8.78 Å². The SMILES string of the molecule is COc1cc(OC)c2cc(C(=O)Nc3nc(-c4ccccc4OC(F)F)cs3)[nH]c2c1OC. The smallest absolute Gasteiger partial charge is 0.387 e. The van der Waals surface area contributed by atoms with Gasteiger partial charge >= 0.3 is 6.61 Å². The Morgan fingerprint density at radius 1 is 1.06 bits per heavy atom. The Bertz CT molecular complexity index is 1300. The highest BCUT2D eigenvalue weighted by molar-refractivity contribution is 7.14. The number of benzene rings is 2. The second kappa shape index (κ2) is 9.33. The molecule has 11 heteroatoms. The third-order valence-corrected chi connectivity index (χ3v) is 5.55. The van der Waals surface area contributed by atoms with Crippen molar-refractivity contribution >= 4 is 33.3 Å². The van der Waals surface area contributed by atoms with Gasteiger partial charge in [0.25, 0.3) is 5.91 Å². The van der Waals surface area contributed by atoms with Gasteiger partial charge in [-0.15, -0.1) is 11.3 Å². The van der Waals surface area contributed by atoms with E-state index in [1.807, 2.05) is 0 Å². The molecule has 2 heterocycles. The Morgan fingerprint density at radius 3 is 2.52 bits per heavy atom. The highest BCUT2D eigenvalue weighted by Gasteiger charge is 2.20. The third-order valence-electron chi connectivity index (χ3n) is 4.79. The van der Waals surface area contributed by atoms with Crippen LogP contribution in [0.15, 0.2) is 41.8 Å². The van der Waals surface area contributed by atoms with E-state index in [1.165, 1.54) is 27.4 Å². The van der Waals surface area contributed by atoms with Gasteiger partial charge in [-0.25, -0.2) is 4.98 Å². The summed E-state index contributed by atoms with van der Waals surface area (Å²) in [6.45, 7) is -2.96. The first kappa shape index (κ1) is 22.3. The van der Waals surface area contributed by atoms with E-state index in [1.54, 1.807) is 35.7 Å². The number of fused-ring (bicyclic) bond motifs is 1. The maximum Gasteiger partial charge on any atom is 0.387 e. The number of nitrogens with zero attached hydrogens (tertiary/aromatic N) is 1. The van der Waals surface area contributed by atoms with E-state index >= 15 is 0 Å². The summed E-state index contributed by atoms with van der Waals surface area (Å²) in [5, 5.41) is 5.28. The molecule has 0 unspecified atom stereocenters. The zero-order valence-electron chi connectivity index (χ0n) is 17.8. The van der Waals surface area contributed by atoms with Crippen molar-refractivity contribution in [3.63, 3.8) is 0 Å². The van der Waals surface area contributed by atoms with Crippen LogP contribution in [-0.2, 0) is 0 Å². The van der Waals surface area contributed by atoms with Crippen molar-refractivity contribution in [2.24, 2.45) is 0 Å². The number of halogens is 2. The average molecular weight is 475 g/mol. The highest BCUT2D eigenvalue weighted by Crippen LogP contribution is 2.41. The predicted octanol–water partition coefficient (Wildman–Crippen LogP) is 5.17. The van der Waals surface area contributed by atoms with Crippen LogP contribution in [-0.4, -0.2) is 43.8 Å². The maximum absolute atomic E-state index is 12.9. The number of para-hydroxylation sites is 1. The summed E-state index contributed by atoms with van der Waals surface area (Å²) in [6.07, 6.45) is 0. The number of amides is 1. The number of anilines is 1. The summed E-state index contributed by atoms with van der Waals surface area (Å²) in [7, 11) is 4.52. The number of carbonyl (C=O) groups is 1. The first-order valence-electron chi connectivity index (χ1n) is 9.58. The van der Waals surface area contributed by atoms with E-state index in [0.29, 0.717) is 39.4 Å². The molecule has 2 aromatic carbocycles. The van der Waals surface area contributed by atoms with Crippen LogP contribution in [0.2, 0.25) is 0 Å². The molecular weight excluding hydrogens is 456 g/mol. The molecule has 0 fully saturated rings. The van der Waals surface area contributed by atoms with Crippen LogP contribution in [0.25, 0.3) is 22.2 Å². The average Bonchev–Trinajstić information content (AvgIpc) is 3.45. The van der Waals surface area contributed by atoms with Crippen molar-refractivity contribution in [1.29, 1.82) is 0 Å². The monoisotopic (exact) mass is 475 g/mol. The molecule has 0 aliphatic heterocycles. The molecule has 0 bridgehead atoms. The van der Waals surface area contributed by atoms with Crippen molar-refractivity contribution in [3.05, 3.63) is 47.5 Å². The van der Waals surface area contributed by atoms with E-state index in [4.69, 9.17) is 14.2 Å². The van der Waals surface area contributed by atoms with Gasteiger partial charge in [0.1, 0.15) is 17.2 Å². The summed E-state index contributed by atoms with van der Waals surface area (Å²) in [5.41, 5.74) is 1.57. The number of aromatic nitrogens is 2. The van der Waals surface area contributed by atoms with E-state index in [0.717, 1.165) is 11.3 Å². The molecule has 4 aromatic rings. The maximum atomic E-state index is 12.9.